The van der Waals surface area contributed by atoms with Gasteiger partial charge in [-0.25, -0.2) is 13.2 Å². The summed E-state index contributed by atoms with van der Waals surface area (Å²) in [5.41, 5.74) is 2.31. The lowest BCUT2D eigenvalue weighted by Crippen LogP contribution is -2.13. The maximum absolute atomic E-state index is 12.6. The molecule has 0 radical (unpaired) electrons. The Morgan fingerprint density at radius 3 is 2.12 bits per heavy atom. The van der Waals surface area contributed by atoms with Gasteiger partial charge < -0.3 is 4.74 Å². The summed E-state index contributed by atoms with van der Waals surface area (Å²) in [6, 6.07) is 13.8. The molecule has 0 heterocycles. The second kappa shape index (κ2) is 8.14. The SMILES string of the molecule is COC(=O)/C(=C\c1ccc(Cl)cc1)S(=O)(=O)/C=C\c1ccc(C)cc1. The number of carbonyl (C=O) groups excluding carboxylic acids is 1. The summed E-state index contributed by atoms with van der Waals surface area (Å²) in [7, 11) is -2.84. The van der Waals surface area contributed by atoms with Gasteiger partial charge in [-0.3, -0.25) is 0 Å². The van der Waals surface area contributed by atoms with Crippen LogP contribution in [0.25, 0.3) is 12.2 Å². The van der Waals surface area contributed by atoms with Gasteiger partial charge in [0, 0.05) is 10.4 Å². The van der Waals surface area contributed by atoms with E-state index in [2.05, 4.69) is 4.74 Å². The highest BCUT2D eigenvalue weighted by atomic mass is 35.5. The maximum atomic E-state index is 12.6. The van der Waals surface area contributed by atoms with E-state index in [1.807, 2.05) is 19.1 Å². The molecule has 0 aliphatic rings. The first-order valence-corrected chi connectivity index (χ1v) is 9.30. The van der Waals surface area contributed by atoms with E-state index in [9.17, 15) is 13.2 Å². The van der Waals surface area contributed by atoms with Crippen LogP contribution in [0.5, 0.6) is 0 Å². The largest absolute Gasteiger partial charge is 0.465 e. The van der Waals surface area contributed by atoms with Crippen LogP contribution in [-0.2, 0) is 19.4 Å². The van der Waals surface area contributed by atoms with Crippen molar-refractivity contribution < 1.29 is 17.9 Å². The highest BCUT2D eigenvalue weighted by Gasteiger charge is 2.23. The molecular formula is C19H17ClO4S. The number of esters is 1. The summed E-state index contributed by atoms with van der Waals surface area (Å²) < 4.78 is 29.7. The fraction of sp³-hybridized carbons (Fsp3) is 0.105. The number of halogens is 1. The number of ether oxygens (including phenoxy) is 1. The molecule has 0 spiro atoms. The predicted molar refractivity (Wildman–Crippen MR) is 101 cm³/mol. The number of methoxy groups -OCH3 is 1. The van der Waals surface area contributed by atoms with E-state index >= 15 is 0 Å². The number of carbonyl (C=O) groups is 1. The van der Waals surface area contributed by atoms with Crippen LogP contribution in [0.15, 0.2) is 58.8 Å². The van der Waals surface area contributed by atoms with Crippen LogP contribution in [-0.4, -0.2) is 21.5 Å². The molecule has 0 aliphatic heterocycles. The van der Waals surface area contributed by atoms with Crippen molar-refractivity contribution >= 4 is 39.6 Å². The molecule has 0 fully saturated rings. The van der Waals surface area contributed by atoms with Crippen LogP contribution in [0.3, 0.4) is 0 Å². The third-order valence-electron chi connectivity index (χ3n) is 3.38. The molecule has 2 aromatic rings. The minimum atomic E-state index is -3.98. The normalized spacial score (nSPS) is 12.4. The van der Waals surface area contributed by atoms with E-state index in [1.165, 1.54) is 12.2 Å². The van der Waals surface area contributed by atoms with Gasteiger partial charge in [-0.15, -0.1) is 0 Å². The average Bonchev–Trinajstić information content (AvgIpc) is 2.60. The number of benzene rings is 2. The monoisotopic (exact) mass is 376 g/mol. The number of rotatable bonds is 5. The third kappa shape index (κ3) is 5.31. The van der Waals surface area contributed by atoms with E-state index in [0.29, 0.717) is 16.1 Å². The van der Waals surface area contributed by atoms with Gasteiger partial charge in [-0.1, -0.05) is 53.6 Å². The lowest BCUT2D eigenvalue weighted by molar-refractivity contribution is -0.135. The van der Waals surface area contributed by atoms with Crippen molar-refractivity contribution in [1.29, 1.82) is 0 Å². The quantitative estimate of drug-likeness (QED) is 0.578. The van der Waals surface area contributed by atoms with E-state index in [-0.39, 0.29) is 0 Å². The summed E-state index contributed by atoms with van der Waals surface area (Å²) in [5, 5.41) is 1.51. The second-order valence-corrected chi connectivity index (χ2v) is 7.55. The Labute approximate surface area is 152 Å². The average molecular weight is 377 g/mol. The molecule has 2 rings (SSSR count). The molecule has 0 unspecified atom stereocenters. The Hall–Kier alpha value is -2.37. The number of hydrogen-bond donors (Lipinski definition) is 0. The van der Waals surface area contributed by atoms with Gasteiger partial charge >= 0.3 is 5.97 Å². The summed E-state index contributed by atoms with van der Waals surface area (Å²) in [4.78, 5) is 11.5. The Kier molecular flexibility index (Phi) is 6.17. The van der Waals surface area contributed by atoms with Crippen molar-refractivity contribution in [2.24, 2.45) is 0 Å². The van der Waals surface area contributed by atoms with Gasteiger partial charge in [0.25, 0.3) is 0 Å². The van der Waals surface area contributed by atoms with Crippen molar-refractivity contribution in [3.8, 4) is 0 Å². The predicted octanol–water partition coefficient (Wildman–Crippen LogP) is 4.25. The summed E-state index contributed by atoms with van der Waals surface area (Å²) >= 11 is 5.81. The standard InChI is InChI=1S/C19H17ClO4S/c1-14-3-5-15(6-4-14)11-12-25(22,23)18(19(21)24-2)13-16-7-9-17(20)10-8-16/h3-13H,1-2H3/b12-11-,18-13+. The van der Waals surface area contributed by atoms with Gasteiger partial charge in [-0.05, 0) is 42.3 Å². The summed E-state index contributed by atoms with van der Waals surface area (Å²) in [6.45, 7) is 1.94. The molecule has 25 heavy (non-hydrogen) atoms. The van der Waals surface area contributed by atoms with Crippen LogP contribution in [0.1, 0.15) is 16.7 Å². The van der Waals surface area contributed by atoms with Crippen LogP contribution in [0, 0.1) is 6.92 Å². The van der Waals surface area contributed by atoms with Crippen LogP contribution in [0.4, 0.5) is 0 Å². The molecule has 0 amide bonds. The maximum Gasteiger partial charge on any atom is 0.349 e. The molecule has 130 valence electrons. The molecule has 0 N–H and O–H groups in total. The minimum Gasteiger partial charge on any atom is -0.465 e. The first kappa shape index (κ1) is 19.0. The Balaban J connectivity index is 2.40. The molecular weight excluding hydrogens is 360 g/mol. The van der Waals surface area contributed by atoms with Crippen molar-refractivity contribution in [1.82, 2.24) is 0 Å². The van der Waals surface area contributed by atoms with Gasteiger partial charge in [0.05, 0.1) is 7.11 Å². The highest BCUT2D eigenvalue weighted by Crippen LogP contribution is 2.19. The third-order valence-corrected chi connectivity index (χ3v) is 5.02. The minimum absolute atomic E-state index is 0.444. The van der Waals surface area contributed by atoms with Gasteiger partial charge in [0.15, 0.2) is 4.91 Å². The molecule has 0 saturated heterocycles. The molecule has 0 saturated carbocycles. The lowest BCUT2D eigenvalue weighted by Gasteiger charge is -2.04. The molecule has 6 heteroatoms. The molecule has 0 atom stereocenters. The molecule has 2 aromatic carbocycles. The van der Waals surface area contributed by atoms with Gasteiger partial charge in [0.1, 0.15) is 0 Å². The molecule has 0 aliphatic carbocycles. The Bertz CT molecular complexity index is 909. The van der Waals surface area contributed by atoms with Crippen molar-refractivity contribution in [2.45, 2.75) is 6.92 Å². The second-order valence-electron chi connectivity index (χ2n) is 5.31. The number of aryl methyl sites for hydroxylation is 1. The zero-order valence-electron chi connectivity index (χ0n) is 13.8. The Morgan fingerprint density at radius 2 is 1.56 bits per heavy atom. The van der Waals surface area contributed by atoms with E-state index in [1.54, 1.807) is 36.4 Å². The number of hydrogen-bond acceptors (Lipinski definition) is 4. The first-order chi connectivity index (χ1) is 11.8. The van der Waals surface area contributed by atoms with E-state index < -0.39 is 20.7 Å². The number of sulfone groups is 1. The van der Waals surface area contributed by atoms with Crippen molar-refractivity contribution in [3.05, 3.63) is 80.6 Å². The fourth-order valence-electron chi connectivity index (χ4n) is 1.99. The lowest BCUT2D eigenvalue weighted by atomic mass is 10.2. The van der Waals surface area contributed by atoms with Gasteiger partial charge in [-0.2, -0.15) is 0 Å². The van der Waals surface area contributed by atoms with Crippen molar-refractivity contribution in [3.63, 3.8) is 0 Å². The summed E-state index contributed by atoms with van der Waals surface area (Å²) in [6.07, 6.45) is 2.70. The van der Waals surface area contributed by atoms with Crippen LogP contribution < -0.4 is 0 Å². The fourth-order valence-corrected chi connectivity index (χ4v) is 3.21. The summed E-state index contributed by atoms with van der Waals surface area (Å²) in [5.74, 6) is -0.927. The molecule has 0 bridgehead atoms. The zero-order chi connectivity index (χ0) is 18.4. The van der Waals surface area contributed by atoms with Crippen LogP contribution in [0.2, 0.25) is 5.02 Å². The first-order valence-electron chi connectivity index (χ1n) is 7.37. The van der Waals surface area contributed by atoms with Crippen LogP contribution >= 0.6 is 11.6 Å². The molecule has 0 aromatic heterocycles. The van der Waals surface area contributed by atoms with E-state index in [0.717, 1.165) is 18.1 Å². The van der Waals surface area contributed by atoms with Gasteiger partial charge in [0.2, 0.25) is 9.84 Å². The zero-order valence-corrected chi connectivity index (χ0v) is 15.3. The van der Waals surface area contributed by atoms with Crippen molar-refractivity contribution in [2.75, 3.05) is 7.11 Å². The highest BCUT2D eigenvalue weighted by molar-refractivity contribution is 7.99. The topological polar surface area (TPSA) is 60.4 Å². The van der Waals surface area contributed by atoms with E-state index in [4.69, 9.17) is 11.6 Å². The smallest absolute Gasteiger partial charge is 0.349 e. The molecule has 4 nitrogen and oxygen atoms in total. The Morgan fingerprint density at radius 1 is 1.00 bits per heavy atom.